The summed E-state index contributed by atoms with van der Waals surface area (Å²) in [6.45, 7) is 6.97. The van der Waals surface area contributed by atoms with Crippen LogP contribution >= 0.6 is 11.5 Å². The smallest absolute Gasteiger partial charge is 0.0655 e. The van der Waals surface area contributed by atoms with Crippen molar-refractivity contribution in [2.24, 2.45) is 11.3 Å². The van der Waals surface area contributed by atoms with E-state index >= 15 is 0 Å². The van der Waals surface area contributed by atoms with Gasteiger partial charge in [-0.3, -0.25) is 0 Å². The first kappa shape index (κ1) is 9.97. The van der Waals surface area contributed by atoms with Crippen LogP contribution in [0.25, 0.3) is 0 Å². The summed E-state index contributed by atoms with van der Waals surface area (Å²) in [7, 11) is 0. The molecule has 0 aliphatic heterocycles. The van der Waals surface area contributed by atoms with E-state index in [1.807, 2.05) is 6.20 Å². The fourth-order valence-electron chi connectivity index (χ4n) is 2.17. The molecule has 2 atom stereocenters. The Balaban J connectivity index is 1.95. The zero-order chi connectivity index (χ0) is 10.2. The minimum Gasteiger partial charge on any atom is -0.380 e. The SMILES string of the molecule is CCC(Nc1cnsc1)C1CC1(C)C. The van der Waals surface area contributed by atoms with Crippen molar-refractivity contribution in [3.8, 4) is 0 Å². The molecule has 1 aromatic heterocycles. The molecule has 0 bridgehead atoms. The number of nitrogens with one attached hydrogen (secondary N) is 1. The van der Waals surface area contributed by atoms with Gasteiger partial charge in [0.1, 0.15) is 0 Å². The lowest BCUT2D eigenvalue weighted by Gasteiger charge is -2.18. The molecule has 0 spiro atoms. The third kappa shape index (κ3) is 1.92. The summed E-state index contributed by atoms with van der Waals surface area (Å²) < 4.78 is 4.10. The van der Waals surface area contributed by atoms with Crippen LogP contribution in [0.1, 0.15) is 33.6 Å². The molecule has 2 nitrogen and oxygen atoms in total. The topological polar surface area (TPSA) is 24.9 Å². The summed E-state index contributed by atoms with van der Waals surface area (Å²) in [4.78, 5) is 0. The summed E-state index contributed by atoms with van der Waals surface area (Å²) >= 11 is 1.51. The molecular weight excluding hydrogens is 192 g/mol. The molecule has 1 heterocycles. The summed E-state index contributed by atoms with van der Waals surface area (Å²) in [5.41, 5.74) is 1.74. The van der Waals surface area contributed by atoms with Gasteiger partial charge in [-0.1, -0.05) is 20.8 Å². The Kier molecular flexibility index (Phi) is 2.52. The van der Waals surface area contributed by atoms with Crippen LogP contribution in [0.5, 0.6) is 0 Å². The predicted molar refractivity (Wildman–Crippen MR) is 61.7 cm³/mol. The van der Waals surface area contributed by atoms with Crippen molar-refractivity contribution >= 4 is 17.2 Å². The minimum absolute atomic E-state index is 0.553. The fraction of sp³-hybridized carbons (Fsp3) is 0.727. The Morgan fingerprint density at radius 1 is 1.71 bits per heavy atom. The zero-order valence-electron chi connectivity index (χ0n) is 9.08. The number of hydrogen-bond donors (Lipinski definition) is 1. The molecule has 1 aliphatic carbocycles. The molecule has 2 unspecified atom stereocenters. The van der Waals surface area contributed by atoms with E-state index in [0.717, 1.165) is 5.92 Å². The normalized spacial score (nSPS) is 25.8. The molecule has 1 fully saturated rings. The molecule has 1 N–H and O–H groups in total. The first-order valence-electron chi connectivity index (χ1n) is 5.29. The Morgan fingerprint density at radius 2 is 2.43 bits per heavy atom. The lowest BCUT2D eigenvalue weighted by Crippen LogP contribution is -2.22. The van der Waals surface area contributed by atoms with Crippen molar-refractivity contribution < 1.29 is 0 Å². The molecule has 78 valence electrons. The van der Waals surface area contributed by atoms with E-state index < -0.39 is 0 Å². The van der Waals surface area contributed by atoms with Gasteiger partial charge in [-0.15, -0.1) is 0 Å². The van der Waals surface area contributed by atoms with E-state index in [1.54, 1.807) is 0 Å². The molecule has 14 heavy (non-hydrogen) atoms. The molecular formula is C11H18N2S. The van der Waals surface area contributed by atoms with E-state index in [-0.39, 0.29) is 0 Å². The third-order valence-corrected chi connectivity index (χ3v) is 3.89. The highest BCUT2D eigenvalue weighted by Gasteiger charge is 2.49. The van der Waals surface area contributed by atoms with E-state index in [9.17, 15) is 0 Å². The number of aromatic nitrogens is 1. The first-order chi connectivity index (χ1) is 6.63. The van der Waals surface area contributed by atoms with Gasteiger partial charge in [0.25, 0.3) is 0 Å². The van der Waals surface area contributed by atoms with Gasteiger partial charge in [0.2, 0.25) is 0 Å². The molecule has 1 aliphatic rings. The van der Waals surface area contributed by atoms with Gasteiger partial charge in [-0.2, -0.15) is 4.37 Å². The Hall–Kier alpha value is -0.570. The van der Waals surface area contributed by atoms with Crippen molar-refractivity contribution in [3.63, 3.8) is 0 Å². The average Bonchev–Trinajstić information content (AvgIpc) is 2.62. The van der Waals surface area contributed by atoms with Crippen molar-refractivity contribution in [2.75, 3.05) is 5.32 Å². The Morgan fingerprint density at radius 3 is 2.86 bits per heavy atom. The molecule has 0 radical (unpaired) electrons. The van der Waals surface area contributed by atoms with Crippen LogP contribution in [-0.2, 0) is 0 Å². The van der Waals surface area contributed by atoms with Gasteiger partial charge >= 0.3 is 0 Å². The van der Waals surface area contributed by atoms with Crippen LogP contribution < -0.4 is 5.32 Å². The highest BCUT2D eigenvalue weighted by Crippen LogP contribution is 2.54. The van der Waals surface area contributed by atoms with Crippen LogP contribution in [0, 0.1) is 11.3 Å². The molecule has 1 aromatic rings. The van der Waals surface area contributed by atoms with Crippen LogP contribution in [0.15, 0.2) is 11.6 Å². The van der Waals surface area contributed by atoms with Crippen LogP contribution in [-0.4, -0.2) is 10.4 Å². The second-order valence-electron chi connectivity index (χ2n) is 4.87. The van der Waals surface area contributed by atoms with E-state index in [1.165, 1.54) is 30.1 Å². The maximum absolute atomic E-state index is 4.10. The Labute approximate surface area is 89.9 Å². The van der Waals surface area contributed by atoms with Gasteiger partial charge < -0.3 is 5.32 Å². The summed E-state index contributed by atoms with van der Waals surface area (Å²) in [5.74, 6) is 0.840. The molecule has 0 aromatic carbocycles. The lowest BCUT2D eigenvalue weighted by molar-refractivity contribution is 0.490. The highest BCUT2D eigenvalue weighted by molar-refractivity contribution is 7.04. The predicted octanol–water partition coefficient (Wildman–Crippen LogP) is 3.38. The molecule has 3 heteroatoms. The average molecular weight is 210 g/mol. The third-order valence-electron chi connectivity index (χ3n) is 3.30. The monoisotopic (exact) mass is 210 g/mol. The van der Waals surface area contributed by atoms with Crippen molar-refractivity contribution in [3.05, 3.63) is 11.6 Å². The first-order valence-corrected chi connectivity index (χ1v) is 6.13. The Bertz CT molecular complexity index is 292. The standard InChI is InChI=1S/C11H18N2S/c1-4-10(9-5-11(9,2)3)13-8-6-12-14-7-8/h6-7,9-10,13H,4-5H2,1-3H3. The van der Waals surface area contributed by atoms with Crippen molar-refractivity contribution in [1.82, 2.24) is 4.37 Å². The van der Waals surface area contributed by atoms with Crippen LogP contribution in [0.3, 0.4) is 0 Å². The zero-order valence-corrected chi connectivity index (χ0v) is 9.90. The van der Waals surface area contributed by atoms with E-state index in [2.05, 4.69) is 35.8 Å². The summed E-state index contributed by atoms with van der Waals surface area (Å²) in [5, 5.41) is 5.66. The quantitative estimate of drug-likeness (QED) is 0.824. The maximum Gasteiger partial charge on any atom is 0.0655 e. The second-order valence-corrected chi connectivity index (χ2v) is 5.53. The minimum atomic E-state index is 0.553. The number of anilines is 1. The largest absolute Gasteiger partial charge is 0.380 e. The molecule has 1 saturated carbocycles. The summed E-state index contributed by atoms with van der Waals surface area (Å²) in [6.07, 6.45) is 4.47. The van der Waals surface area contributed by atoms with Gasteiger partial charge in [-0.05, 0) is 35.7 Å². The van der Waals surface area contributed by atoms with Crippen molar-refractivity contribution in [1.29, 1.82) is 0 Å². The maximum atomic E-state index is 4.10. The van der Waals surface area contributed by atoms with Crippen LogP contribution in [0.2, 0.25) is 0 Å². The molecule has 0 amide bonds. The highest BCUT2D eigenvalue weighted by atomic mass is 32.1. The van der Waals surface area contributed by atoms with E-state index in [4.69, 9.17) is 0 Å². The lowest BCUT2D eigenvalue weighted by atomic mass is 10.0. The number of rotatable bonds is 4. The van der Waals surface area contributed by atoms with E-state index in [0.29, 0.717) is 11.5 Å². The fourth-order valence-corrected chi connectivity index (χ4v) is 2.65. The van der Waals surface area contributed by atoms with Gasteiger partial charge in [0, 0.05) is 11.4 Å². The number of nitrogens with zero attached hydrogens (tertiary/aromatic N) is 1. The van der Waals surface area contributed by atoms with Gasteiger partial charge in [0.15, 0.2) is 0 Å². The van der Waals surface area contributed by atoms with Crippen molar-refractivity contribution in [2.45, 2.75) is 39.7 Å². The summed E-state index contributed by atoms with van der Waals surface area (Å²) in [6, 6.07) is 0.626. The molecule has 0 saturated heterocycles. The molecule has 2 rings (SSSR count). The van der Waals surface area contributed by atoms with Gasteiger partial charge in [-0.25, -0.2) is 0 Å². The second kappa shape index (κ2) is 3.54. The van der Waals surface area contributed by atoms with Crippen LogP contribution in [0.4, 0.5) is 5.69 Å². The van der Waals surface area contributed by atoms with Gasteiger partial charge in [0.05, 0.1) is 11.9 Å². The number of hydrogen-bond acceptors (Lipinski definition) is 3.